The summed E-state index contributed by atoms with van der Waals surface area (Å²) < 4.78 is 5.85. The minimum Gasteiger partial charge on any atom is -0.491 e. The van der Waals surface area contributed by atoms with Gasteiger partial charge in [0, 0.05) is 11.1 Å². The predicted molar refractivity (Wildman–Crippen MR) is 130 cm³/mol. The second-order valence-corrected chi connectivity index (χ2v) is 9.65. The van der Waals surface area contributed by atoms with Gasteiger partial charge in [0.05, 0.1) is 18.8 Å². The van der Waals surface area contributed by atoms with E-state index < -0.39 is 6.04 Å². The number of amides is 1. The van der Waals surface area contributed by atoms with Crippen molar-refractivity contribution < 1.29 is 14.6 Å². The summed E-state index contributed by atoms with van der Waals surface area (Å²) in [4.78, 5) is 12.3. The molecule has 4 N–H and O–H groups in total. The van der Waals surface area contributed by atoms with Gasteiger partial charge in [0.25, 0.3) is 0 Å². The Balaban J connectivity index is 1.61. The molecule has 0 spiro atoms. The highest BCUT2D eigenvalue weighted by Gasteiger charge is 2.26. The van der Waals surface area contributed by atoms with Crippen molar-refractivity contribution in [2.24, 2.45) is 5.73 Å². The quantitative estimate of drug-likeness (QED) is 0.489. The van der Waals surface area contributed by atoms with Crippen LogP contribution in [-0.2, 0) is 11.2 Å². The van der Waals surface area contributed by atoms with Gasteiger partial charge in [-0.1, -0.05) is 29.5 Å². The maximum atomic E-state index is 12.3. The fraction of sp³-hybridized carbons (Fsp3) is 0.400. The Kier molecular flexibility index (Phi) is 7.07. The van der Waals surface area contributed by atoms with Crippen molar-refractivity contribution in [2.75, 3.05) is 6.61 Å². The second-order valence-electron chi connectivity index (χ2n) is 8.68. The molecule has 1 amide bonds. The van der Waals surface area contributed by atoms with E-state index in [4.69, 9.17) is 10.5 Å². The number of ether oxygens (including phenoxy) is 1. The topological polar surface area (TPSA) is 110 Å². The number of aromatic nitrogens is 2. The van der Waals surface area contributed by atoms with Gasteiger partial charge in [0.15, 0.2) is 0 Å². The molecule has 1 aromatic heterocycles. The molecule has 1 aliphatic rings. The van der Waals surface area contributed by atoms with Crippen LogP contribution >= 0.6 is 11.3 Å². The van der Waals surface area contributed by atoms with Crippen LogP contribution in [0.25, 0.3) is 21.1 Å². The molecule has 33 heavy (non-hydrogen) atoms. The van der Waals surface area contributed by atoms with Gasteiger partial charge in [0.2, 0.25) is 5.91 Å². The first-order valence-corrected chi connectivity index (χ1v) is 12.1. The highest BCUT2D eigenvalue weighted by molar-refractivity contribution is 7.17. The van der Waals surface area contributed by atoms with E-state index in [1.54, 1.807) is 11.3 Å². The van der Waals surface area contributed by atoms with Crippen molar-refractivity contribution in [3.8, 4) is 26.9 Å². The molecule has 1 heterocycles. The predicted octanol–water partition coefficient (Wildman–Crippen LogP) is 3.78. The van der Waals surface area contributed by atoms with Crippen LogP contribution in [0.1, 0.15) is 49.4 Å². The Labute approximate surface area is 198 Å². The zero-order valence-corrected chi connectivity index (χ0v) is 20.0. The lowest BCUT2D eigenvalue weighted by Gasteiger charge is -2.28. The van der Waals surface area contributed by atoms with Gasteiger partial charge < -0.3 is 20.9 Å². The molecule has 2 aromatic carbocycles. The smallest absolute Gasteiger partial charge is 0.239 e. The Bertz CT molecular complexity index is 1140. The molecule has 0 fully saturated rings. The number of carbonyl (C=O) groups excluding carboxylic acids is 1. The molecule has 0 saturated heterocycles. The number of nitrogens with one attached hydrogen (secondary N) is 1. The Hall–Kier alpha value is -2.81. The Morgan fingerprint density at radius 1 is 1.27 bits per heavy atom. The number of hydrogen-bond donors (Lipinski definition) is 3. The van der Waals surface area contributed by atoms with E-state index in [0.29, 0.717) is 0 Å². The second kappa shape index (κ2) is 9.99. The van der Waals surface area contributed by atoms with E-state index in [9.17, 15) is 9.90 Å². The first kappa shape index (κ1) is 23.4. The van der Waals surface area contributed by atoms with Crippen LogP contribution in [0, 0.1) is 6.92 Å². The lowest BCUT2D eigenvalue weighted by atomic mass is 9.85. The molecule has 0 bridgehead atoms. The van der Waals surface area contributed by atoms with E-state index >= 15 is 0 Å². The van der Waals surface area contributed by atoms with Gasteiger partial charge in [-0.2, -0.15) is 0 Å². The Morgan fingerprint density at radius 3 is 2.79 bits per heavy atom. The third-order valence-corrected chi connectivity index (χ3v) is 6.80. The van der Waals surface area contributed by atoms with Crippen LogP contribution in [0.4, 0.5) is 0 Å². The van der Waals surface area contributed by atoms with Crippen LogP contribution < -0.4 is 15.8 Å². The molecular formula is C25H30N4O3S. The summed E-state index contributed by atoms with van der Waals surface area (Å²) in [6.45, 7) is 5.70. The fourth-order valence-corrected chi connectivity index (χ4v) is 5.07. The number of nitrogens with two attached hydrogens (primary N) is 1. The third-order valence-electron chi connectivity index (χ3n) is 5.80. The van der Waals surface area contributed by atoms with Crippen LogP contribution in [0.3, 0.4) is 0 Å². The number of aryl methyl sites for hydroxylation is 1. The summed E-state index contributed by atoms with van der Waals surface area (Å²) in [5.41, 5.74) is 11.1. The molecule has 8 heteroatoms. The number of benzene rings is 2. The third kappa shape index (κ3) is 5.08. The van der Waals surface area contributed by atoms with Crippen LogP contribution in [0.2, 0.25) is 0 Å². The number of fused-ring (bicyclic) bond motifs is 1. The zero-order chi connectivity index (χ0) is 23.5. The van der Waals surface area contributed by atoms with Crippen LogP contribution in [-0.4, -0.2) is 40.0 Å². The first-order chi connectivity index (χ1) is 15.9. The van der Waals surface area contributed by atoms with Crippen molar-refractivity contribution in [3.05, 3.63) is 53.1 Å². The summed E-state index contributed by atoms with van der Waals surface area (Å²) in [6.07, 6.45) is 2.83. The van der Waals surface area contributed by atoms with Crippen LogP contribution in [0.5, 0.6) is 5.75 Å². The number of aliphatic hydroxyl groups excluding tert-OH is 1. The number of carbonyl (C=O) groups is 1. The van der Waals surface area contributed by atoms with Crippen molar-refractivity contribution in [1.82, 2.24) is 15.5 Å². The van der Waals surface area contributed by atoms with Crippen LogP contribution in [0.15, 0.2) is 36.4 Å². The number of nitrogens with zero attached hydrogens (tertiary/aromatic N) is 2. The van der Waals surface area contributed by atoms with Crippen molar-refractivity contribution in [3.63, 3.8) is 0 Å². The standard InChI is InChI=1S/C25H30N4O3S/c1-14(2)32-22-11-10-16(12-15(22)3)24-28-29-25(33-24)19-8-4-7-18-17(19)6-5-9-21(18)27-23(31)20(26)13-30/h4,7-8,10-12,14,20-21,30H,5-6,9,13,26H2,1-3H3,(H,27,31)/t20-,21+/m0/s1. The number of aliphatic hydroxyl groups is 1. The van der Waals surface area contributed by atoms with E-state index in [2.05, 4.69) is 27.6 Å². The summed E-state index contributed by atoms with van der Waals surface area (Å²) >= 11 is 1.56. The monoisotopic (exact) mass is 466 g/mol. The summed E-state index contributed by atoms with van der Waals surface area (Å²) in [5.74, 6) is 0.545. The lowest BCUT2D eigenvalue weighted by molar-refractivity contribution is -0.124. The average Bonchev–Trinajstić information content (AvgIpc) is 3.29. The van der Waals surface area contributed by atoms with Crippen molar-refractivity contribution >= 4 is 17.2 Å². The van der Waals surface area contributed by atoms with E-state index in [1.807, 2.05) is 45.0 Å². The molecule has 3 aromatic rings. The van der Waals surface area contributed by atoms with E-state index in [0.717, 1.165) is 57.3 Å². The highest BCUT2D eigenvalue weighted by atomic mass is 32.1. The van der Waals surface area contributed by atoms with Gasteiger partial charge in [0.1, 0.15) is 21.8 Å². The molecule has 174 valence electrons. The van der Waals surface area contributed by atoms with Gasteiger partial charge in [-0.3, -0.25) is 4.79 Å². The maximum Gasteiger partial charge on any atom is 0.239 e. The molecular weight excluding hydrogens is 436 g/mol. The minimum atomic E-state index is -0.912. The lowest BCUT2D eigenvalue weighted by Crippen LogP contribution is -2.45. The summed E-state index contributed by atoms with van der Waals surface area (Å²) in [7, 11) is 0. The largest absolute Gasteiger partial charge is 0.491 e. The molecule has 0 unspecified atom stereocenters. The molecule has 4 rings (SSSR count). The Morgan fingerprint density at radius 2 is 2.06 bits per heavy atom. The first-order valence-electron chi connectivity index (χ1n) is 11.3. The molecule has 0 saturated carbocycles. The average molecular weight is 467 g/mol. The molecule has 1 aliphatic carbocycles. The van der Waals surface area contributed by atoms with E-state index in [-0.39, 0.29) is 24.7 Å². The number of hydrogen-bond acceptors (Lipinski definition) is 7. The maximum absolute atomic E-state index is 12.3. The minimum absolute atomic E-state index is 0.123. The zero-order valence-electron chi connectivity index (χ0n) is 19.2. The SMILES string of the molecule is Cc1cc(-c2nnc(-c3cccc4c3CCC[C@H]4NC(=O)[C@@H](N)CO)s2)ccc1OC(C)C. The van der Waals surface area contributed by atoms with E-state index in [1.165, 1.54) is 5.56 Å². The van der Waals surface area contributed by atoms with Gasteiger partial charge >= 0.3 is 0 Å². The summed E-state index contributed by atoms with van der Waals surface area (Å²) in [6, 6.07) is 11.2. The van der Waals surface area contributed by atoms with Crippen molar-refractivity contribution in [2.45, 2.75) is 58.2 Å². The van der Waals surface area contributed by atoms with Gasteiger partial charge in [-0.15, -0.1) is 10.2 Å². The highest BCUT2D eigenvalue weighted by Crippen LogP contribution is 2.39. The fourth-order valence-electron chi connectivity index (χ4n) is 4.18. The normalized spacial score (nSPS) is 16.4. The number of rotatable bonds is 7. The molecule has 0 aliphatic heterocycles. The van der Waals surface area contributed by atoms with Gasteiger partial charge in [-0.25, -0.2) is 0 Å². The summed E-state index contributed by atoms with van der Waals surface area (Å²) in [5, 5.41) is 22.8. The van der Waals surface area contributed by atoms with Gasteiger partial charge in [-0.05, 0) is 74.9 Å². The molecule has 2 atom stereocenters. The van der Waals surface area contributed by atoms with Crippen molar-refractivity contribution in [1.29, 1.82) is 0 Å². The molecule has 7 nitrogen and oxygen atoms in total. The molecule has 0 radical (unpaired) electrons.